The van der Waals surface area contributed by atoms with Gasteiger partial charge >= 0.3 is 0 Å². The Bertz CT molecular complexity index is 1260. The lowest BCUT2D eigenvalue weighted by molar-refractivity contribution is -0.302. The van der Waals surface area contributed by atoms with Crippen LogP contribution in [0.2, 0.25) is 0 Å². The highest BCUT2D eigenvalue weighted by atomic mass is 16.7. The molecule has 0 aliphatic carbocycles. The quantitative estimate of drug-likeness (QED) is 0.0261. The fraction of sp³-hybridized carbons (Fsp3) is 0.892. The molecule has 1 fully saturated rings. The monoisotopic (exact) mass is 1050 g/mol. The van der Waals surface area contributed by atoms with Gasteiger partial charge in [-0.3, -0.25) is 4.79 Å². The van der Waals surface area contributed by atoms with E-state index in [2.05, 4.69) is 43.5 Å². The molecule has 9 heteroatoms. The third kappa shape index (κ3) is 43.4. The van der Waals surface area contributed by atoms with Crippen molar-refractivity contribution in [2.45, 2.75) is 358 Å². The van der Waals surface area contributed by atoms with Crippen molar-refractivity contribution in [3.05, 3.63) is 36.5 Å². The number of carbonyl (C=O) groups is 1. The number of ether oxygens (including phenoxy) is 2. The van der Waals surface area contributed by atoms with Gasteiger partial charge in [0.1, 0.15) is 24.4 Å². The van der Waals surface area contributed by atoms with E-state index in [0.29, 0.717) is 6.42 Å². The van der Waals surface area contributed by atoms with E-state index in [0.717, 1.165) is 51.4 Å². The highest BCUT2D eigenvalue weighted by Gasteiger charge is 2.44. The van der Waals surface area contributed by atoms with Crippen molar-refractivity contribution >= 4 is 5.91 Å². The molecule has 1 saturated heterocycles. The summed E-state index contributed by atoms with van der Waals surface area (Å²) >= 11 is 0. The van der Waals surface area contributed by atoms with E-state index in [4.69, 9.17) is 9.47 Å². The number of hydrogen-bond acceptors (Lipinski definition) is 8. The van der Waals surface area contributed by atoms with Crippen LogP contribution >= 0.6 is 0 Å². The van der Waals surface area contributed by atoms with Gasteiger partial charge in [0.25, 0.3) is 0 Å². The molecule has 6 N–H and O–H groups in total. The van der Waals surface area contributed by atoms with E-state index in [1.165, 1.54) is 244 Å². The zero-order valence-corrected chi connectivity index (χ0v) is 48.6. The fourth-order valence-corrected chi connectivity index (χ4v) is 10.4. The maximum Gasteiger partial charge on any atom is 0.220 e. The third-order valence-corrected chi connectivity index (χ3v) is 15.4. The molecule has 0 spiro atoms. The smallest absolute Gasteiger partial charge is 0.220 e. The summed E-state index contributed by atoms with van der Waals surface area (Å²) in [6.07, 6.45) is 65.5. The highest BCUT2D eigenvalue weighted by Crippen LogP contribution is 2.23. The molecule has 0 saturated carbocycles. The highest BCUT2D eigenvalue weighted by molar-refractivity contribution is 5.76. The normalized spacial score (nSPS) is 19.1. The Balaban J connectivity index is 2.07. The number of aliphatic hydroxyl groups is 5. The number of hydrogen-bond donors (Lipinski definition) is 6. The lowest BCUT2D eigenvalue weighted by Crippen LogP contribution is -2.60. The number of nitrogens with one attached hydrogen (secondary N) is 1. The van der Waals surface area contributed by atoms with E-state index in [9.17, 15) is 30.3 Å². The molecule has 9 nitrogen and oxygen atoms in total. The van der Waals surface area contributed by atoms with Crippen molar-refractivity contribution in [1.82, 2.24) is 5.32 Å². The van der Waals surface area contributed by atoms with Gasteiger partial charge in [-0.25, -0.2) is 0 Å². The Morgan fingerprint density at radius 3 is 1.14 bits per heavy atom. The lowest BCUT2D eigenvalue weighted by atomic mass is 9.99. The molecule has 7 unspecified atom stereocenters. The second kappa shape index (κ2) is 54.8. The van der Waals surface area contributed by atoms with Gasteiger partial charge in [0.15, 0.2) is 6.29 Å². The molecule has 1 aliphatic rings. The Morgan fingerprint density at radius 1 is 0.446 bits per heavy atom. The van der Waals surface area contributed by atoms with Crippen LogP contribution < -0.4 is 5.32 Å². The van der Waals surface area contributed by atoms with Gasteiger partial charge in [-0.15, -0.1) is 0 Å². The molecule has 7 atom stereocenters. The number of amides is 1. The van der Waals surface area contributed by atoms with E-state index in [-0.39, 0.29) is 12.5 Å². The summed E-state index contributed by atoms with van der Waals surface area (Å²) in [6, 6.07) is -0.826. The maximum atomic E-state index is 13.1. The van der Waals surface area contributed by atoms with Gasteiger partial charge in [0.2, 0.25) is 5.91 Å². The van der Waals surface area contributed by atoms with Crippen molar-refractivity contribution in [2.24, 2.45) is 0 Å². The molecule has 0 aromatic rings. The van der Waals surface area contributed by atoms with E-state index < -0.39 is 49.5 Å². The minimum absolute atomic E-state index is 0.186. The van der Waals surface area contributed by atoms with Crippen molar-refractivity contribution in [2.75, 3.05) is 13.2 Å². The maximum absolute atomic E-state index is 13.1. The Kier molecular flexibility index (Phi) is 52.1. The van der Waals surface area contributed by atoms with Gasteiger partial charge in [0.05, 0.1) is 25.4 Å². The molecule has 1 heterocycles. The molecular weight excluding hydrogens is 923 g/mol. The van der Waals surface area contributed by atoms with Gasteiger partial charge in [-0.05, 0) is 44.9 Å². The number of rotatable bonds is 56. The summed E-state index contributed by atoms with van der Waals surface area (Å²) in [5.74, 6) is -0.186. The standard InChI is InChI=1S/C65H123NO8/c1-3-5-7-9-11-13-15-17-19-20-21-22-23-24-25-26-27-28-29-30-31-32-33-34-35-36-37-38-39-41-43-45-47-49-51-53-55-61(69)66-58(57-73-65-64(72)63(71)62(70)60(56-67)74-65)59(68)54-52-50-48-46-44-42-40-18-16-14-12-10-8-6-4-2/h16,18,44,46,52,54,58-60,62-65,67-68,70-72H,3-15,17,19-43,45,47-51,53,55-57H2,1-2H3,(H,66,69)/b18-16+,46-44+,54-52+. The van der Waals surface area contributed by atoms with Gasteiger partial charge in [0, 0.05) is 6.42 Å². The predicted molar refractivity (Wildman–Crippen MR) is 313 cm³/mol. The molecule has 1 aliphatic heterocycles. The molecule has 1 amide bonds. The molecule has 0 radical (unpaired) electrons. The first-order valence-electron chi connectivity index (χ1n) is 32.2. The van der Waals surface area contributed by atoms with Crippen LogP contribution in [0.25, 0.3) is 0 Å². The molecule has 1 rings (SSSR count). The molecule has 0 bridgehead atoms. The van der Waals surface area contributed by atoms with Crippen LogP contribution in [-0.2, 0) is 14.3 Å². The predicted octanol–water partition coefficient (Wildman–Crippen LogP) is 16.7. The van der Waals surface area contributed by atoms with Crippen LogP contribution in [0.15, 0.2) is 36.5 Å². The summed E-state index contributed by atoms with van der Waals surface area (Å²) < 4.78 is 11.3. The summed E-state index contributed by atoms with van der Waals surface area (Å²) in [7, 11) is 0. The lowest BCUT2D eigenvalue weighted by Gasteiger charge is -2.40. The van der Waals surface area contributed by atoms with Crippen LogP contribution in [0.3, 0.4) is 0 Å². The number of allylic oxidation sites excluding steroid dienone is 5. The molecule has 0 aromatic carbocycles. The van der Waals surface area contributed by atoms with Gasteiger partial charge in [-0.2, -0.15) is 0 Å². The summed E-state index contributed by atoms with van der Waals surface area (Å²) in [5.41, 5.74) is 0. The van der Waals surface area contributed by atoms with Crippen LogP contribution in [-0.4, -0.2) is 87.5 Å². The number of unbranched alkanes of at least 4 members (excludes halogenated alkanes) is 42. The second-order valence-electron chi connectivity index (χ2n) is 22.5. The van der Waals surface area contributed by atoms with Crippen LogP contribution in [0.5, 0.6) is 0 Å². The van der Waals surface area contributed by atoms with Crippen LogP contribution in [0, 0.1) is 0 Å². The average Bonchev–Trinajstić information content (AvgIpc) is 3.40. The van der Waals surface area contributed by atoms with Crippen LogP contribution in [0.4, 0.5) is 0 Å². The van der Waals surface area contributed by atoms with E-state index in [1.54, 1.807) is 6.08 Å². The second-order valence-corrected chi connectivity index (χ2v) is 22.5. The fourth-order valence-electron chi connectivity index (χ4n) is 10.4. The van der Waals surface area contributed by atoms with Crippen LogP contribution in [0.1, 0.15) is 316 Å². The SMILES string of the molecule is CCCCCCC/C=C/CC/C=C/CC/C=C/C(O)C(COC1OC(CO)C(O)C(O)C1O)NC(=O)CCCCCCCCCCCCCCCCCCCCCCCCCCCCCCCCCCCCCC. The van der Waals surface area contributed by atoms with Gasteiger partial charge < -0.3 is 40.3 Å². The third-order valence-electron chi connectivity index (χ3n) is 15.4. The Hall–Kier alpha value is -1.59. The summed E-state index contributed by atoms with van der Waals surface area (Å²) in [6.45, 7) is 3.77. The topological polar surface area (TPSA) is 149 Å². The summed E-state index contributed by atoms with van der Waals surface area (Å²) in [4.78, 5) is 13.1. The average molecular weight is 1050 g/mol. The molecule has 0 aromatic heterocycles. The number of aliphatic hydroxyl groups excluding tert-OH is 5. The first-order valence-corrected chi connectivity index (χ1v) is 32.2. The Morgan fingerprint density at radius 2 is 0.770 bits per heavy atom. The van der Waals surface area contributed by atoms with Crippen molar-refractivity contribution < 1.29 is 39.8 Å². The first kappa shape index (κ1) is 70.4. The summed E-state index contributed by atoms with van der Waals surface area (Å²) in [5, 5.41) is 54.5. The first-order chi connectivity index (χ1) is 36.3. The van der Waals surface area contributed by atoms with E-state index in [1.807, 2.05) is 6.08 Å². The number of carbonyl (C=O) groups excluding carboxylic acids is 1. The van der Waals surface area contributed by atoms with Gasteiger partial charge in [-0.1, -0.05) is 301 Å². The van der Waals surface area contributed by atoms with Crippen molar-refractivity contribution in [3.63, 3.8) is 0 Å². The minimum atomic E-state index is -1.57. The molecular formula is C65H123NO8. The molecule has 74 heavy (non-hydrogen) atoms. The minimum Gasteiger partial charge on any atom is -0.394 e. The largest absolute Gasteiger partial charge is 0.394 e. The van der Waals surface area contributed by atoms with Crippen molar-refractivity contribution in [1.29, 1.82) is 0 Å². The Labute approximate surface area is 457 Å². The van der Waals surface area contributed by atoms with E-state index >= 15 is 0 Å². The zero-order valence-electron chi connectivity index (χ0n) is 48.6. The van der Waals surface area contributed by atoms with Crippen molar-refractivity contribution in [3.8, 4) is 0 Å². The zero-order chi connectivity index (χ0) is 53.6. The molecule has 436 valence electrons.